The Morgan fingerprint density at radius 3 is 2.96 bits per heavy atom. The Morgan fingerprint density at radius 1 is 1.38 bits per heavy atom. The Bertz CT molecular complexity index is 903. The van der Waals surface area contributed by atoms with Crippen LogP contribution >= 0.6 is 11.6 Å². The van der Waals surface area contributed by atoms with E-state index in [1.54, 1.807) is 26.6 Å². The van der Waals surface area contributed by atoms with Crippen molar-refractivity contribution in [2.45, 2.75) is 19.4 Å². The monoisotopic (exact) mass is 373 g/mol. The molecule has 1 amide bonds. The SMILES string of the molecule is CNC(=O)CCCn1cc(-n2ccnc2-c2ccc(OC)c(Cl)c2)cn1. The summed E-state index contributed by atoms with van der Waals surface area (Å²) in [5.41, 5.74) is 1.78. The van der Waals surface area contributed by atoms with Crippen LogP contribution in [-0.2, 0) is 11.3 Å². The molecule has 0 spiro atoms. The number of aryl methyl sites for hydroxylation is 1. The summed E-state index contributed by atoms with van der Waals surface area (Å²) in [4.78, 5) is 15.7. The van der Waals surface area contributed by atoms with Crippen molar-refractivity contribution in [3.8, 4) is 22.8 Å². The topological polar surface area (TPSA) is 74.0 Å². The number of carbonyl (C=O) groups excluding carboxylic acids is 1. The highest BCUT2D eigenvalue weighted by molar-refractivity contribution is 6.32. The van der Waals surface area contributed by atoms with Gasteiger partial charge in [-0.25, -0.2) is 4.98 Å². The van der Waals surface area contributed by atoms with Gasteiger partial charge >= 0.3 is 0 Å². The lowest BCUT2D eigenvalue weighted by molar-refractivity contribution is -0.120. The molecule has 3 aromatic rings. The predicted molar refractivity (Wildman–Crippen MR) is 99.6 cm³/mol. The molecule has 0 radical (unpaired) electrons. The zero-order chi connectivity index (χ0) is 18.5. The van der Waals surface area contributed by atoms with Crippen LogP contribution in [0.1, 0.15) is 12.8 Å². The van der Waals surface area contributed by atoms with Gasteiger partial charge < -0.3 is 10.1 Å². The maximum absolute atomic E-state index is 11.3. The van der Waals surface area contributed by atoms with E-state index in [4.69, 9.17) is 16.3 Å². The minimum absolute atomic E-state index is 0.0330. The molecule has 0 atom stereocenters. The lowest BCUT2D eigenvalue weighted by Crippen LogP contribution is -2.17. The van der Waals surface area contributed by atoms with E-state index in [9.17, 15) is 4.79 Å². The summed E-state index contributed by atoms with van der Waals surface area (Å²) in [7, 11) is 3.22. The Labute approximate surface area is 156 Å². The quantitative estimate of drug-likeness (QED) is 0.691. The highest BCUT2D eigenvalue weighted by Gasteiger charge is 2.12. The number of hydrogen-bond acceptors (Lipinski definition) is 4. The van der Waals surface area contributed by atoms with Crippen LogP contribution in [0.5, 0.6) is 5.75 Å². The van der Waals surface area contributed by atoms with E-state index in [0.717, 1.165) is 23.5 Å². The molecule has 1 N–H and O–H groups in total. The molecule has 26 heavy (non-hydrogen) atoms. The van der Waals surface area contributed by atoms with Gasteiger partial charge in [0.05, 0.1) is 24.0 Å². The lowest BCUT2D eigenvalue weighted by Gasteiger charge is -2.08. The summed E-state index contributed by atoms with van der Waals surface area (Å²) in [6.45, 7) is 0.672. The molecule has 136 valence electrons. The molecule has 0 aliphatic heterocycles. The standard InChI is InChI=1S/C18H20ClN5O2/c1-20-17(25)4-3-8-23-12-14(11-22-23)24-9-7-21-18(24)13-5-6-16(26-2)15(19)10-13/h5-7,9-12H,3-4,8H2,1-2H3,(H,20,25). The van der Waals surface area contributed by atoms with Crippen LogP contribution in [0.3, 0.4) is 0 Å². The minimum atomic E-state index is 0.0330. The number of aromatic nitrogens is 4. The summed E-state index contributed by atoms with van der Waals surface area (Å²) in [6.07, 6.45) is 8.52. The number of rotatable bonds is 7. The maximum Gasteiger partial charge on any atom is 0.219 e. The van der Waals surface area contributed by atoms with Gasteiger partial charge in [-0.1, -0.05) is 11.6 Å². The van der Waals surface area contributed by atoms with Gasteiger partial charge in [0.1, 0.15) is 11.6 Å². The normalized spacial score (nSPS) is 10.7. The summed E-state index contributed by atoms with van der Waals surface area (Å²) in [5.74, 6) is 1.42. The molecule has 1 aromatic carbocycles. The number of nitrogens with one attached hydrogen (secondary N) is 1. The number of nitrogens with zero attached hydrogens (tertiary/aromatic N) is 4. The van der Waals surface area contributed by atoms with Crippen LogP contribution in [0.2, 0.25) is 5.02 Å². The van der Waals surface area contributed by atoms with E-state index in [1.165, 1.54) is 0 Å². The van der Waals surface area contributed by atoms with Crippen LogP contribution in [-0.4, -0.2) is 39.4 Å². The largest absolute Gasteiger partial charge is 0.495 e. The molecule has 0 saturated heterocycles. The highest BCUT2D eigenvalue weighted by Crippen LogP contribution is 2.30. The molecular weight excluding hydrogens is 354 g/mol. The highest BCUT2D eigenvalue weighted by atomic mass is 35.5. The fourth-order valence-corrected chi connectivity index (χ4v) is 2.91. The Hall–Kier alpha value is -2.80. The second-order valence-electron chi connectivity index (χ2n) is 5.71. The summed E-state index contributed by atoms with van der Waals surface area (Å²) < 4.78 is 8.96. The first kappa shape index (κ1) is 18.0. The molecular formula is C18H20ClN5O2. The second-order valence-corrected chi connectivity index (χ2v) is 6.12. The molecule has 0 saturated carbocycles. The molecule has 0 unspecified atom stereocenters. The third kappa shape index (κ3) is 3.88. The summed E-state index contributed by atoms with van der Waals surface area (Å²) in [5, 5.41) is 7.51. The van der Waals surface area contributed by atoms with Gasteiger partial charge in [-0.15, -0.1) is 0 Å². The number of amides is 1. The van der Waals surface area contributed by atoms with Gasteiger partial charge in [-0.2, -0.15) is 5.10 Å². The molecule has 0 bridgehead atoms. The summed E-state index contributed by atoms with van der Waals surface area (Å²) >= 11 is 6.23. The zero-order valence-corrected chi connectivity index (χ0v) is 15.4. The number of ether oxygens (including phenoxy) is 1. The van der Waals surface area contributed by atoms with Crippen molar-refractivity contribution in [1.82, 2.24) is 24.6 Å². The fourth-order valence-electron chi connectivity index (χ4n) is 2.66. The number of benzene rings is 1. The van der Waals surface area contributed by atoms with Gasteiger partial charge in [0.15, 0.2) is 0 Å². The van der Waals surface area contributed by atoms with Crippen LogP contribution in [0.15, 0.2) is 43.0 Å². The van der Waals surface area contributed by atoms with Crippen molar-refractivity contribution < 1.29 is 9.53 Å². The van der Waals surface area contributed by atoms with Crippen LogP contribution in [0, 0.1) is 0 Å². The molecule has 7 nitrogen and oxygen atoms in total. The number of carbonyl (C=O) groups is 1. The van der Waals surface area contributed by atoms with Gasteiger partial charge in [0.2, 0.25) is 5.91 Å². The molecule has 3 rings (SSSR count). The van der Waals surface area contributed by atoms with E-state index >= 15 is 0 Å². The van der Waals surface area contributed by atoms with Crippen molar-refractivity contribution in [2.24, 2.45) is 0 Å². The fraction of sp³-hybridized carbons (Fsp3) is 0.278. The van der Waals surface area contributed by atoms with Gasteiger partial charge in [0.25, 0.3) is 0 Å². The lowest BCUT2D eigenvalue weighted by atomic mass is 10.2. The Kier molecular flexibility index (Phi) is 5.58. The first-order chi connectivity index (χ1) is 12.6. The minimum Gasteiger partial charge on any atom is -0.495 e. The van der Waals surface area contributed by atoms with Crippen molar-refractivity contribution in [3.63, 3.8) is 0 Å². The maximum atomic E-state index is 11.3. The molecule has 0 fully saturated rings. The average molecular weight is 374 g/mol. The van der Waals surface area contributed by atoms with E-state index in [1.807, 2.05) is 39.8 Å². The third-order valence-corrected chi connectivity index (χ3v) is 4.31. The molecule has 2 aromatic heterocycles. The first-order valence-corrected chi connectivity index (χ1v) is 8.61. The van der Waals surface area contributed by atoms with Crippen molar-refractivity contribution in [2.75, 3.05) is 14.2 Å². The molecule has 0 aliphatic rings. The van der Waals surface area contributed by atoms with Gasteiger partial charge in [-0.05, 0) is 24.6 Å². The molecule has 8 heteroatoms. The molecule has 2 heterocycles. The number of halogens is 1. The predicted octanol–water partition coefficient (Wildman–Crippen LogP) is 2.92. The first-order valence-electron chi connectivity index (χ1n) is 8.23. The number of hydrogen-bond donors (Lipinski definition) is 1. The van der Waals surface area contributed by atoms with E-state index in [-0.39, 0.29) is 5.91 Å². The van der Waals surface area contributed by atoms with Crippen LogP contribution < -0.4 is 10.1 Å². The van der Waals surface area contributed by atoms with Crippen LogP contribution in [0.4, 0.5) is 0 Å². The van der Waals surface area contributed by atoms with E-state index in [2.05, 4.69) is 15.4 Å². The average Bonchev–Trinajstić information content (AvgIpc) is 3.30. The summed E-state index contributed by atoms with van der Waals surface area (Å²) in [6, 6.07) is 5.56. The smallest absolute Gasteiger partial charge is 0.219 e. The Morgan fingerprint density at radius 2 is 2.23 bits per heavy atom. The number of methoxy groups -OCH3 is 1. The molecule has 0 aliphatic carbocycles. The van der Waals surface area contributed by atoms with E-state index in [0.29, 0.717) is 23.7 Å². The van der Waals surface area contributed by atoms with Crippen LogP contribution in [0.25, 0.3) is 17.1 Å². The van der Waals surface area contributed by atoms with Crippen molar-refractivity contribution in [3.05, 3.63) is 48.0 Å². The van der Waals surface area contributed by atoms with Crippen molar-refractivity contribution >= 4 is 17.5 Å². The second kappa shape index (κ2) is 8.05. The zero-order valence-electron chi connectivity index (χ0n) is 14.6. The Balaban J connectivity index is 1.78. The van der Waals surface area contributed by atoms with E-state index < -0.39 is 0 Å². The third-order valence-electron chi connectivity index (χ3n) is 4.02. The van der Waals surface area contributed by atoms with Gasteiger partial charge in [0, 0.05) is 44.2 Å². The number of imidazole rings is 1. The van der Waals surface area contributed by atoms with Gasteiger partial charge in [-0.3, -0.25) is 14.0 Å². The van der Waals surface area contributed by atoms with Crippen molar-refractivity contribution in [1.29, 1.82) is 0 Å².